The normalized spacial score (nSPS) is 10.6. The molecule has 14 heavy (non-hydrogen) atoms. The van der Waals surface area contributed by atoms with E-state index >= 15 is 0 Å². The van der Waals surface area contributed by atoms with Gasteiger partial charge in [-0.3, -0.25) is 0 Å². The quantitative estimate of drug-likeness (QED) is 0.809. The molecule has 2 N–H and O–H groups in total. The molecule has 0 aromatic heterocycles. The highest BCUT2D eigenvalue weighted by Crippen LogP contribution is 2.31. The van der Waals surface area contributed by atoms with Gasteiger partial charge in [-0.2, -0.15) is 0 Å². The highest BCUT2D eigenvalue weighted by Gasteiger charge is 2.10. The van der Waals surface area contributed by atoms with Crippen molar-refractivity contribution >= 4 is 11.6 Å². The summed E-state index contributed by atoms with van der Waals surface area (Å²) in [5, 5.41) is 13.1. The van der Waals surface area contributed by atoms with Gasteiger partial charge in [0.15, 0.2) is 0 Å². The van der Waals surface area contributed by atoms with Crippen LogP contribution in [0.2, 0.25) is 5.02 Å². The number of phenols is 1. The number of aromatic hydroxyl groups is 1. The number of benzene rings is 1. The van der Waals surface area contributed by atoms with E-state index in [4.69, 9.17) is 11.6 Å². The fourth-order valence-corrected chi connectivity index (χ4v) is 1.78. The summed E-state index contributed by atoms with van der Waals surface area (Å²) in [6, 6.07) is 1.72. The zero-order chi connectivity index (χ0) is 10.7. The van der Waals surface area contributed by atoms with Gasteiger partial charge < -0.3 is 10.4 Å². The van der Waals surface area contributed by atoms with Crippen LogP contribution >= 0.6 is 11.6 Å². The molecule has 0 aliphatic heterocycles. The van der Waals surface area contributed by atoms with Crippen LogP contribution in [0.5, 0.6) is 5.75 Å². The van der Waals surface area contributed by atoms with E-state index in [9.17, 15) is 5.11 Å². The van der Waals surface area contributed by atoms with Crippen molar-refractivity contribution in [3.63, 3.8) is 0 Å². The zero-order valence-corrected chi connectivity index (χ0v) is 9.57. The predicted molar refractivity (Wildman–Crippen MR) is 60.2 cm³/mol. The summed E-state index contributed by atoms with van der Waals surface area (Å²) in [4.78, 5) is 0. The smallest absolute Gasteiger partial charge is 0.134 e. The van der Waals surface area contributed by atoms with Gasteiger partial charge in [-0.1, -0.05) is 11.6 Å². The Hall–Kier alpha value is -0.730. The van der Waals surface area contributed by atoms with E-state index in [-0.39, 0.29) is 5.75 Å². The van der Waals surface area contributed by atoms with Crippen LogP contribution in [0.1, 0.15) is 16.7 Å². The Bertz CT molecular complexity index is 337. The number of phenolic OH excluding ortho intramolecular Hbond substituents is 1. The maximum atomic E-state index is 9.48. The minimum absolute atomic E-state index is 0.176. The van der Waals surface area contributed by atoms with Crippen molar-refractivity contribution in [3.8, 4) is 5.75 Å². The minimum atomic E-state index is 0.176. The highest BCUT2D eigenvalue weighted by atomic mass is 35.5. The second kappa shape index (κ2) is 4.67. The lowest BCUT2D eigenvalue weighted by Gasteiger charge is -2.12. The Morgan fingerprint density at radius 3 is 2.64 bits per heavy atom. The molecule has 0 bridgehead atoms. The standard InChI is InChI=1S/C11H16ClNO/c1-7-6-10(14)11(12)8(2)9(7)4-5-13-3/h6,13-14H,4-5H2,1-3H3. The van der Waals surface area contributed by atoms with Crippen LogP contribution < -0.4 is 5.32 Å². The number of aryl methyl sites for hydroxylation is 1. The van der Waals surface area contributed by atoms with E-state index in [2.05, 4.69) is 5.32 Å². The molecule has 1 aromatic carbocycles. The van der Waals surface area contributed by atoms with Gasteiger partial charge in [0.05, 0.1) is 5.02 Å². The predicted octanol–water partition coefficient (Wildman–Crippen LogP) is 2.42. The van der Waals surface area contributed by atoms with Crippen LogP contribution in [0.25, 0.3) is 0 Å². The molecule has 1 rings (SSSR count). The van der Waals surface area contributed by atoms with Crippen molar-refractivity contribution in [2.45, 2.75) is 20.3 Å². The van der Waals surface area contributed by atoms with Crippen molar-refractivity contribution in [1.82, 2.24) is 5.32 Å². The molecule has 0 aliphatic rings. The van der Waals surface area contributed by atoms with Gasteiger partial charge in [-0.15, -0.1) is 0 Å². The van der Waals surface area contributed by atoms with Gasteiger partial charge in [0.1, 0.15) is 5.75 Å². The number of likely N-dealkylation sites (N-methyl/N-ethyl adjacent to an activating group) is 1. The SMILES string of the molecule is CNCCc1c(C)cc(O)c(Cl)c1C. The first-order valence-corrected chi connectivity index (χ1v) is 5.08. The lowest BCUT2D eigenvalue weighted by Crippen LogP contribution is -2.12. The molecule has 78 valence electrons. The van der Waals surface area contributed by atoms with Crippen molar-refractivity contribution in [1.29, 1.82) is 0 Å². The number of halogens is 1. The summed E-state index contributed by atoms with van der Waals surface area (Å²) in [6.45, 7) is 4.86. The van der Waals surface area contributed by atoms with E-state index in [0.717, 1.165) is 24.1 Å². The van der Waals surface area contributed by atoms with Crippen molar-refractivity contribution < 1.29 is 5.11 Å². The molecule has 0 heterocycles. The van der Waals surface area contributed by atoms with E-state index in [1.807, 2.05) is 20.9 Å². The average molecular weight is 214 g/mol. The second-order valence-corrected chi connectivity index (χ2v) is 3.86. The Kier molecular flexibility index (Phi) is 3.78. The lowest BCUT2D eigenvalue weighted by molar-refractivity contribution is 0.474. The molecule has 0 saturated heterocycles. The molecule has 0 radical (unpaired) electrons. The van der Waals surface area contributed by atoms with Crippen LogP contribution in [0.3, 0.4) is 0 Å². The Balaban J connectivity index is 3.09. The van der Waals surface area contributed by atoms with Crippen molar-refractivity contribution in [3.05, 3.63) is 27.8 Å². The van der Waals surface area contributed by atoms with E-state index in [1.165, 1.54) is 5.56 Å². The summed E-state index contributed by atoms with van der Waals surface area (Å²) < 4.78 is 0. The van der Waals surface area contributed by atoms with Gasteiger partial charge in [0.2, 0.25) is 0 Å². The maximum Gasteiger partial charge on any atom is 0.134 e. The molecule has 0 amide bonds. The minimum Gasteiger partial charge on any atom is -0.506 e. The second-order valence-electron chi connectivity index (χ2n) is 3.48. The fraction of sp³-hybridized carbons (Fsp3) is 0.455. The van der Waals surface area contributed by atoms with Crippen LogP contribution in [0, 0.1) is 13.8 Å². The molecular weight excluding hydrogens is 198 g/mol. The molecule has 0 fully saturated rings. The summed E-state index contributed by atoms with van der Waals surface area (Å²) in [6.07, 6.45) is 0.939. The summed E-state index contributed by atoms with van der Waals surface area (Å²) >= 11 is 5.96. The van der Waals surface area contributed by atoms with Crippen LogP contribution in [0.15, 0.2) is 6.07 Å². The molecule has 0 spiro atoms. The molecular formula is C11H16ClNO. The molecule has 2 nitrogen and oxygen atoms in total. The van der Waals surface area contributed by atoms with Gasteiger partial charge in [0.25, 0.3) is 0 Å². The van der Waals surface area contributed by atoms with Gasteiger partial charge >= 0.3 is 0 Å². The van der Waals surface area contributed by atoms with E-state index < -0.39 is 0 Å². The van der Waals surface area contributed by atoms with Crippen molar-refractivity contribution in [2.75, 3.05) is 13.6 Å². The molecule has 0 aliphatic carbocycles. The number of hydrogen-bond acceptors (Lipinski definition) is 2. The molecule has 0 unspecified atom stereocenters. The van der Waals surface area contributed by atoms with Gasteiger partial charge in [0, 0.05) is 0 Å². The first-order chi connectivity index (χ1) is 6.57. The Morgan fingerprint density at radius 1 is 1.43 bits per heavy atom. The number of rotatable bonds is 3. The monoisotopic (exact) mass is 213 g/mol. The summed E-state index contributed by atoms with van der Waals surface area (Å²) in [5.74, 6) is 0.176. The third-order valence-corrected chi connectivity index (χ3v) is 2.94. The largest absolute Gasteiger partial charge is 0.506 e. The first-order valence-electron chi connectivity index (χ1n) is 4.70. The highest BCUT2D eigenvalue weighted by molar-refractivity contribution is 6.32. The molecule has 0 atom stereocenters. The van der Waals surface area contributed by atoms with E-state index in [0.29, 0.717) is 5.02 Å². The number of hydrogen-bond donors (Lipinski definition) is 2. The van der Waals surface area contributed by atoms with Crippen LogP contribution in [-0.2, 0) is 6.42 Å². The first kappa shape index (κ1) is 11.3. The maximum absolute atomic E-state index is 9.48. The summed E-state index contributed by atoms with van der Waals surface area (Å²) in [7, 11) is 1.92. The van der Waals surface area contributed by atoms with E-state index in [1.54, 1.807) is 6.07 Å². The number of nitrogens with one attached hydrogen (secondary N) is 1. The molecule has 3 heteroatoms. The fourth-order valence-electron chi connectivity index (χ4n) is 1.61. The Labute approximate surface area is 89.9 Å². The lowest BCUT2D eigenvalue weighted by atomic mass is 9.99. The van der Waals surface area contributed by atoms with Crippen molar-refractivity contribution in [2.24, 2.45) is 0 Å². The van der Waals surface area contributed by atoms with Gasteiger partial charge in [-0.05, 0) is 56.6 Å². The Morgan fingerprint density at radius 2 is 2.07 bits per heavy atom. The van der Waals surface area contributed by atoms with Crippen LogP contribution in [0.4, 0.5) is 0 Å². The third-order valence-electron chi connectivity index (χ3n) is 2.46. The zero-order valence-electron chi connectivity index (χ0n) is 8.82. The topological polar surface area (TPSA) is 32.3 Å². The summed E-state index contributed by atoms with van der Waals surface area (Å²) in [5.41, 5.74) is 3.31. The average Bonchev–Trinajstić information content (AvgIpc) is 2.14. The molecule has 1 aromatic rings. The molecule has 0 saturated carbocycles. The van der Waals surface area contributed by atoms with Crippen LogP contribution in [-0.4, -0.2) is 18.7 Å². The third kappa shape index (κ3) is 2.20. The van der Waals surface area contributed by atoms with Gasteiger partial charge in [-0.25, -0.2) is 0 Å².